The zero-order chi connectivity index (χ0) is 37.9. The van der Waals surface area contributed by atoms with E-state index in [1.54, 1.807) is 7.05 Å². The second-order valence-electron chi connectivity index (χ2n) is 14.8. The summed E-state index contributed by atoms with van der Waals surface area (Å²) in [5.41, 5.74) is 0.624. The summed E-state index contributed by atoms with van der Waals surface area (Å²) in [5, 5.41) is 21.9. The van der Waals surface area contributed by atoms with Crippen LogP contribution in [0.2, 0.25) is 0 Å². The van der Waals surface area contributed by atoms with Crippen molar-refractivity contribution in [3.8, 4) is 16.5 Å². The Morgan fingerprint density at radius 1 is 0.982 bits per heavy atom. The Bertz CT molecular complexity index is 2080. The van der Waals surface area contributed by atoms with Crippen LogP contribution >= 0.6 is 11.3 Å². The number of thiophene rings is 1. The SMILES string of the molecule is Cn1nnnc1NC(=O)[C@@]12C[C@H]1C=CCCCCC[C@H](NC(=O)OC1CCCC1)C(=O)N1C[C@H](Oc3nc4ccccc4nc3-c3cccs3)C[C@H]1C(=O)N2. The summed E-state index contributed by atoms with van der Waals surface area (Å²) in [7, 11) is 1.60. The van der Waals surface area contributed by atoms with Crippen LogP contribution in [0.15, 0.2) is 53.9 Å². The summed E-state index contributed by atoms with van der Waals surface area (Å²) in [5.74, 6) is -1.23. The third-order valence-corrected chi connectivity index (χ3v) is 11.8. The number of hydrogen-bond donors (Lipinski definition) is 3. The maximum absolute atomic E-state index is 14.6. The lowest BCUT2D eigenvalue weighted by atomic mass is 10.0. The Kier molecular flexibility index (Phi) is 10.4. The number of aryl methyl sites for hydroxylation is 1. The molecular formula is C38H44N10O6S. The lowest BCUT2D eigenvalue weighted by molar-refractivity contribution is -0.141. The molecule has 0 spiro atoms. The maximum Gasteiger partial charge on any atom is 0.408 e. The van der Waals surface area contributed by atoms with E-state index in [-0.39, 0.29) is 36.8 Å². The fraction of sp³-hybridized carbons (Fsp3) is 0.500. The van der Waals surface area contributed by atoms with Gasteiger partial charge in [-0.15, -0.1) is 11.3 Å². The van der Waals surface area contributed by atoms with Gasteiger partial charge in [-0.25, -0.2) is 19.4 Å². The molecule has 1 aromatic carbocycles. The van der Waals surface area contributed by atoms with Gasteiger partial charge in [0, 0.05) is 19.4 Å². The molecule has 55 heavy (non-hydrogen) atoms. The third-order valence-electron chi connectivity index (χ3n) is 10.9. The van der Waals surface area contributed by atoms with E-state index < -0.39 is 47.5 Å². The van der Waals surface area contributed by atoms with Crippen molar-refractivity contribution in [2.45, 2.75) is 100 Å². The van der Waals surface area contributed by atoms with Crippen molar-refractivity contribution >= 4 is 52.1 Å². The minimum absolute atomic E-state index is 0.0400. The van der Waals surface area contributed by atoms with Crippen molar-refractivity contribution in [1.82, 2.24) is 45.7 Å². The van der Waals surface area contributed by atoms with Gasteiger partial charge in [0.2, 0.25) is 23.6 Å². The molecule has 0 unspecified atom stereocenters. The molecule has 5 atom stereocenters. The van der Waals surface area contributed by atoms with Crippen LogP contribution in [-0.2, 0) is 26.2 Å². The molecule has 3 N–H and O–H groups in total. The summed E-state index contributed by atoms with van der Waals surface area (Å²) in [6.07, 6.45) is 10.1. The second-order valence-corrected chi connectivity index (χ2v) is 15.7. The molecule has 8 rings (SSSR count). The van der Waals surface area contributed by atoms with Crippen molar-refractivity contribution in [1.29, 1.82) is 0 Å². The summed E-state index contributed by atoms with van der Waals surface area (Å²) in [4.78, 5) is 68.3. The Morgan fingerprint density at radius 2 is 1.78 bits per heavy atom. The van der Waals surface area contributed by atoms with E-state index in [1.165, 1.54) is 20.9 Å². The summed E-state index contributed by atoms with van der Waals surface area (Å²) >= 11 is 1.50. The van der Waals surface area contributed by atoms with Gasteiger partial charge in [0.05, 0.1) is 22.5 Å². The van der Waals surface area contributed by atoms with Crippen molar-refractivity contribution in [3.63, 3.8) is 0 Å². The van der Waals surface area contributed by atoms with Gasteiger partial charge in [-0.1, -0.05) is 48.3 Å². The number of aromatic nitrogens is 6. The fourth-order valence-electron chi connectivity index (χ4n) is 7.85. The Morgan fingerprint density at radius 3 is 2.55 bits per heavy atom. The van der Waals surface area contributed by atoms with Crippen molar-refractivity contribution in [2.24, 2.45) is 13.0 Å². The first-order valence-corrected chi connectivity index (χ1v) is 19.9. The molecule has 288 valence electrons. The largest absolute Gasteiger partial charge is 0.471 e. The van der Waals surface area contributed by atoms with Gasteiger partial charge in [0.1, 0.15) is 35.5 Å². The second kappa shape index (κ2) is 15.7. The predicted octanol–water partition coefficient (Wildman–Crippen LogP) is 4.30. The van der Waals surface area contributed by atoms with Crippen LogP contribution in [0.4, 0.5) is 10.7 Å². The number of carbonyl (C=O) groups excluding carboxylic acids is 4. The van der Waals surface area contributed by atoms with Crippen molar-refractivity contribution < 1.29 is 28.7 Å². The molecule has 4 aromatic rings. The maximum atomic E-state index is 14.6. The number of alkyl carbamates (subject to hydrolysis) is 1. The van der Waals surface area contributed by atoms with E-state index in [0.29, 0.717) is 36.0 Å². The first kappa shape index (κ1) is 36.5. The monoisotopic (exact) mass is 768 g/mol. The minimum Gasteiger partial charge on any atom is -0.471 e. The first-order valence-electron chi connectivity index (χ1n) is 19.0. The highest BCUT2D eigenvalue weighted by Crippen LogP contribution is 2.46. The number of tetrazole rings is 1. The number of allylic oxidation sites excluding steroid dienone is 1. The van der Waals surface area contributed by atoms with Crippen molar-refractivity contribution in [2.75, 3.05) is 11.9 Å². The number of hydrogen-bond acceptors (Lipinski definition) is 12. The van der Waals surface area contributed by atoms with Gasteiger partial charge >= 0.3 is 6.09 Å². The molecule has 2 aliphatic heterocycles. The Balaban J connectivity index is 1.10. The Labute approximate surface area is 321 Å². The molecule has 17 heteroatoms. The number of fused-ring (bicyclic) bond motifs is 3. The average molecular weight is 769 g/mol. The van der Waals surface area contributed by atoms with Gasteiger partial charge in [-0.3, -0.25) is 19.7 Å². The number of amides is 4. The number of anilines is 1. The molecule has 3 fully saturated rings. The first-order chi connectivity index (χ1) is 26.8. The molecule has 2 aliphatic carbocycles. The molecule has 0 bridgehead atoms. The number of ether oxygens (including phenoxy) is 2. The molecule has 4 amide bonds. The predicted molar refractivity (Wildman–Crippen MR) is 202 cm³/mol. The zero-order valence-electron chi connectivity index (χ0n) is 30.6. The molecule has 2 saturated carbocycles. The van der Waals surface area contributed by atoms with Crippen LogP contribution in [0.1, 0.15) is 70.6 Å². The standard InChI is InChI=1S/C38H44N10O6S/c1-47-36(44-45-46-47)42-35(51)38-21-23(38)12-5-3-2-4-6-17-28(41-37(52)54-24-13-7-8-14-24)34(50)48-22-25(20-29(48)32(49)43-38)53-33-31(30-18-11-19-55-30)39-26-15-9-10-16-27(26)40-33/h5,9-12,15-16,18-19,23-25,28-29H,2-4,6-8,13-14,17,20-22H2,1H3,(H,41,52)(H,43,49)(H,42,44,46,51)/t23-,25-,28+,29+,38-/m1/s1. The normalized spacial score (nSPS) is 26.0. The molecule has 5 heterocycles. The molecule has 0 radical (unpaired) electrons. The van der Waals surface area contributed by atoms with Gasteiger partial charge in [0.25, 0.3) is 5.91 Å². The van der Waals surface area contributed by atoms with Crippen LogP contribution in [0.5, 0.6) is 5.88 Å². The van der Waals surface area contributed by atoms with E-state index in [0.717, 1.165) is 49.8 Å². The van der Waals surface area contributed by atoms with Gasteiger partial charge in [0.15, 0.2) is 0 Å². The Hall–Kier alpha value is -5.45. The fourth-order valence-corrected chi connectivity index (χ4v) is 8.55. The number of nitrogens with one attached hydrogen (secondary N) is 3. The minimum atomic E-state index is -1.29. The summed E-state index contributed by atoms with van der Waals surface area (Å²) in [6.45, 7) is 0.0400. The average Bonchev–Trinajstić information content (AvgIpc) is 3.81. The van der Waals surface area contributed by atoms with E-state index in [9.17, 15) is 19.2 Å². The van der Waals surface area contributed by atoms with Crippen LogP contribution < -0.4 is 20.7 Å². The smallest absolute Gasteiger partial charge is 0.408 e. The molecule has 1 saturated heterocycles. The van der Waals surface area contributed by atoms with E-state index in [1.807, 2.05) is 53.9 Å². The highest BCUT2D eigenvalue weighted by molar-refractivity contribution is 7.13. The molecule has 16 nitrogen and oxygen atoms in total. The number of para-hydroxylation sites is 2. The number of nitrogens with zero attached hydrogens (tertiary/aromatic N) is 7. The molecule has 3 aromatic heterocycles. The highest BCUT2D eigenvalue weighted by Gasteiger charge is 2.61. The number of benzene rings is 1. The lowest BCUT2D eigenvalue weighted by Gasteiger charge is -2.30. The molecular weight excluding hydrogens is 725 g/mol. The summed E-state index contributed by atoms with van der Waals surface area (Å²) < 4.78 is 13.6. The van der Waals surface area contributed by atoms with E-state index in [4.69, 9.17) is 19.4 Å². The topological polar surface area (TPSA) is 195 Å². The van der Waals surface area contributed by atoms with E-state index >= 15 is 0 Å². The van der Waals surface area contributed by atoms with Gasteiger partial charge in [-0.05, 0) is 85.4 Å². The van der Waals surface area contributed by atoms with Gasteiger partial charge < -0.3 is 25.0 Å². The summed E-state index contributed by atoms with van der Waals surface area (Å²) in [6, 6.07) is 9.42. The van der Waals surface area contributed by atoms with Crippen molar-refractivity contribution in [3.05, 3.63) is 53.9 Å². The number of rotatable bonds is 7. The van der Waals surface area contributed by atoms with Gasteiger partial charge in [-0.2, -0.15) is 0 Å². The van der Waals surface area contributed by atoms with Crippen LogP contribution in [-0.4, -0.2) is 95.3 Å². The number of carbonyl (C=O) groups is 4. The molecule has 4 aliphatic rings. The lowest BCUT2D eigenvalue weighted by Crippen LogP contribution is -2.57. The van der Waals surface area contributed by atoms with Crippen LogP contribution in [0, 0.1) is 5.92 Å². The van der Waals surface area contributed by atoms with Crippen LogP contribution in [0.25, 0.3) is 21.6 Å². The van der Waals surface area contributed by atoms with Crippen LogP contribution in [0.3, 0.4) is 0 Å². The highest BCUT2D eigenvalue weighted by atomic mass is 32.1. The van der Waals surface area contributed by atoms with E-state index in [2.05, 4.69) is 31.5 Å². The third kappa shape index (κ3) is 7.88. The zero-order valence-corrected chi connectivity index (χ0v) is 31.4. The quantitative estimate of drug-likeness (QED) is 0.227.